The van der Waals surface area contributed by atoms with E-state index in [1.54, 1.807) is 7.11 Å². The van der Waals surface area contributed by atoms with Crippen LogP contribution in [0, 0.1) is 0 Å². The molecular weight excluding hydrogens is 398 g/mol. The number of hydrogen-bond acceptors (Lipinski definition) is 3. The number of methoxy groups -OCH3 is 1. The van der Waals surface area contributed by atoms with E-state index in [2.05, 4.69) is 44.0 Å². The van der Waals surface area contributed by atoms with Gasteiger partial charge in [0.2, 0.25) is 0 Å². The third-order valence-electron chi connectivity index (χ3n) is 3.67. The largest absolute Gasteiger partial charge is 0.497 e. The quantitative estimate of drug-likeness (QED) is 0.774. The van der Waals surface area contributed by atoms with E-state index >= 15 is 0 Å². The second-order valence-electron chi connectivity index (χ2n) is 5.03. The van der Waals surface area contributed by atoms with E-state index in [9.17, 15) is 0 Å². The Hall–Kier alpha value is -1.04. The van der Waals surface area contributed by atoms with E-state index in [0.717, 1.165) is 38.0 Å². The fraction of sp³-hybridized carbons (Fsp3) is 0.250. The van der Waals surface area contributed by atoms with Crippen LogP contribution in [-0.2, 0) is 0 Å². The van der Waals surface area contributed by atoms with Crippen molar-refractivity contribution in [3.63, 3.8) is 0 Å². The van der Waals surface area contributed by atoms with E-state index in [-0.39, 0.29) is 12.1 Å². The van der Waals surface area contributed by atoms with Gasteiger partial charge in [0.1, 0.15) is 17.6 Å². The van der Waals surface area contributed by atoms with Gasteiger partial charge in [0, 0.05) is 33.0 Å². The van der Waals surface area contributed by atoms with Gasteiger partial charge < -0.3 is 15.2 Å². The van der Waals surface area contributed by atoms with Crippen molar-refractivity contribution in [3.8, 4) is 11.5 Å². The lowest BCUT2D eigenvalue weighted by molar-refractivity contribution is 0.161. The van der Waals surface area contributed by atoms with Gasteiger partial charge in [-0.05, 0) is 55.6 Å². The average molecular weight is 413 g/mol. The summed E-state index contributed by atoms with van der Waals surface area (Å²) >= 11 is 7.01. The molecule has 2 N–H and O–H groups in total. The molecule has 0 spiro atoms. The van der Waals surface area contributed by atoms with Gasteiger partial charge in [0.05, 0.1) is 7.11 Å². The summed E-state index contributed by atoms with van der Waals surface area (Å²) < 4.78 is 13.4. The van der Waals surface area contributed by atoms with E-state index in [0.29, 0.717) is 0 Å². The fourth-order valence-electron chi connectivity index (χ4n) is 2.53. The van der Waals surface area contributed by atoms with Crippen LogP contribution in [0.15, 0.2) is 45.3 Å². The maximum Gasteiger partial charge on any atom is 0.128 e. The van der Waals surface area contributed by atoms with Crippen LogP contribution in [0.5, 0.6) is 11.5 Å². The molecule has 2 unspecified atom stereocenters. The number of ether oxygens (including phenoxy) is 2. The number of halogens is 2. The predicted octanol–water partition coefficient (Wildman–Crippen LogP) is 4.74. The lowest BCUT2D eigenvalue weighted by Crippen LogP contribution is -2.24. The van der Waals surface area contributed by atoms with Crippen molar-refractivity contribution in [2.75, 3.05) is 7.11 Å². The van der Waals surface area contributed by atoms with Gasteiger partial charge in [-0.3, -0.25) is 0 Å². The molecule has 0 bridgehead atoms. The Morgan fingerprint density at radius 1 is 1.14 bits per heavy atom. The van der Waals surface area contributed by atoms with Crippen molar-refractivity contribution in [2.24, 2.45) is 5.73 Å². The molecule has 0 fully saturated rings. The first-order valence-corrected chi connectivity index (χ1v) is 8.22. The Labute approximate surface area is 140 Å². The zero-order chi connectivity index (χ0) is 15.0. The van der Waals surface area contributed by atoms with Gasteiger partial charge in [-0.15, -0.1) is 0 Å². The zero-order valence-corrected chi connectivity index (χ0v) is 14.6. The van der Waals surface area contributed by atoms with Gasteiger partial charge in [-0.1, -0.05) is 12.1 Å². The molecule has 0 aliphatic carbocycles. The van der Waals surface area contributed by atoms with Gasteiger partial charge in [0.15, 0.2) is 0 Å². The summed E-state index contributed by atoms with van der Waals surface area (Å²) in [7, 11) is 1.65. The SMILES string of the molecule is COc1ccc2c(c1)OC(c1ccc(Br)c(Br)c1)CC2N. The minimum Gasteiger partial charge on any atom is -0.497 e. The normalized spacial score (nSPS) is 20.6. The maximum absolute atomic E-state index is 6.29. The first-order valence-electron chi connectivity index (χ1n) is 6.63. The third kappa shape index (κ3) is 2.96. The highest BCUT2D eigenvalue weighted by atomic mass is 79.9. The highest BCUT2D eigenvalue weighted by molar-refractivity contribution is 9.13. The molecular formula is C16H15Br2NO2. The number of benzene rings is 2. The molecule has 0 saturated carbocycles. The van der Waals surface area contributed by atoms with E-state index in [1.807, 2.05) is 24.3 Å². The number of rotatable bonds is 2. The molecule has 5 heteroatoms. The van der Waals surface area contributed by atoms with E-state index in [4.69, 9.17) is 15.2 Å². The van der Waals surface area contributed by atoms with E-state index in [1.165, 1.54) is 0 Å². The Morgan fingerprint density at radius 3 is 2.67 bits per heavy atom. The van der Waals surface area contributed by atoms with Crippen molar-refractivity contribution in [1.29, 1.82) is 0 Å². The molecule has 3 nitrogen and oxygen atoms in total. The first kappa shape index (κ1) is 14.9. The Morgan fingerprint density at radius 2 is 1.95 bits per heavy atom. The Balaban J connectivity index is 1.94. The second kappa shape index (κ2) is 5.99. The standard InChI is InChI=1S/C16H15Br2NO2/c1-20-10-3-4-11-14(19)8-15(21-16(11)7-10)9-2-5-12(17)13(18)6-9/h2-7,14-15H,8,19H2,1H3. The molecule has 3 rings (SSSR count). The summed E-state index contributed by atoms with van der Waals surface area (Å²) in [5.41, 5.74) is 8.43. The lowest BCUT2D eigenvalue weighted by Gasteiger charge is -2.31. The van der Waals surface area contributed by atoms with Crippen molar-refractivity contribution in [1.82, 2.24) is 0 Å². The zero-order valence-electron chi connectivity index (χ0n) is 11.5. The van der Waals surface area contributed by atoms with Crippen LogP contribution in [0.25, 0.3) is 0 Å². The first-order chi connectivity index (χ1) is 10.1. The Bertz CT molecular complexity index is 675. The highest BCUT2D eigenvalue weighted by Gasteiger charge is 2.27. The summed E-state index contributed by atoms with van der Waals surface area (Å²) in [6.07, 6.45) is 0.705. The number of nitrogens with two attached hydrogens (primary N) is 1. The van der Waals surface area contributed by atoms with Crippen LogP contribution < -0.4 is 15.2 Å². The van der Waals surface area contributed by atoms with Gasteiger partial charge >= 0.3 is 0 Å². The summed E-state index contributed by atoms with van der Waals surface area (Å²) in [5.74, 6) is 1.58. The van der Waals surface area contributed by atoms with Crippen molar-refractivity contribution in [2.45, 2.75) is 18.6 Å². The molecule has 0 aromatic heterocycles. The van der Waals surface area contributed by atoms with Gasteiger partial charge in [0.25, 0.3) is 0 Å². The molecule has 110 valence electrons. The third-order valence-corrected chi connectivity index (χ3v) is 5.55. The monoisotopic (exact) mass is 411 g/mol. The van der Waals surface area contributed by atoms with Crippen LogP contribution in [0.2, 0.25) is 0 Å². The molecule has 1 aliphatic heterocycles. The van der Waals surface area contributed by atoms with Crippen molar-refractivity contribution in [3.05, 3.63) is 56.5 Å². The van der Waals surface area contributed by atoms with E-state index < -0.39 is 0 Å². The van der Waals surface area contributed by atoms with Crippen LogP contribution in [0.3, 0.4) is 0 Å². The molecule has 2 aromatic carbocycles. The molecule has 21 heavy (non-hydrogen) atoms. The fourth-order valence-corrected chi connectivity index (χ4v) is 3.17. The summed E-state index contributed by atoms with van der Waals surface area (Å²) in [6.45, 7) is 0. The number of fused-ring (bicyclic) bond motifs is 1. The predicted molar refractivity (Wildman–Crippen MR) is 89.8 cm³/mol. The average Bonchev–Trinajstić information content (AvgIpc) is 2.49. The summed E-state index contributed by atoms with van der Waals surface area (Å²) in [4.78, 5) is 0. The lowest BCUT2D eigenvalue weighted by atomic mass is 9.93. The van der Waals surface area contributed by atoms with Crippen LogP contribution in [0.1, 0.15) is 29.7 Å². The van der Waals surface area contributed by atoms with Gasteiger partial charge in [-0.25, -0.2) is 0 Å². The smallest absolute Gasteiger partial charge is 0.128 e. The molecule has 0 saturated heterocycles. The number of hydrogen-bond donors (Lipinski definition) is 1. The molecule has 1 aliphatic rings. The van der Waals surface area contributed by atoms with Crippen molar-refractivity contribution >= 4 is 31.9 Å². The second-order valence-corrected chi connectivity index (χ2v) is 6.73. The molecule has 0 radical (unpaired) electrons. The van der Waals surface area contributed by atoms with Crippen molar-refractivity contribution < 1.29 is 9.47 Å². The van der Waals surface area contributed by atoms with Crippen LogP contribution in [-0.4, -0.2) is 7.11 Å². The highest BCUT2D eigenvalue weighted by Crippen LogP contribution is 2.42. The van der Waals surface area contributed by atoms with Crippen LogP contribution in [0.4, 0.5) is 0 Å². The molecule has 2 aromatic rings. The Kier molecular flexibility index (Phi) is 4.24. The summed E-state index contributed by atoms with van der Waals surface area (Å²) in [6, 6.07) is 11.9. The minimum atomic E-state index is -0.0518. The van der Waals surface area contributed by atoms with Crippen LogP contribution >= 0.6 is 31.9 Å². The maximum atomic E-state index is 6.29. The summed E-state index contributed by atoms with van der Waals surface area (Å²) in [5, 5.41) is 0. The molecule has 2 atom stereocenters. The van der Waals surface area contributed by atoms with Gasteiger partial charge in [-0.2, -0.15) is 0 Å². The molecule has 0 amide bonds. The minimum absolute atomic E-state index is 0.0351. The molecule has 1 heterocycles. The topological polar surface area (TPSA) is 44.5 Å².